The number of nitrogens with one attached hydrogen (secondary N) is 1. The summed E-state index contributed by atoms with van der Waals surface area (Å²) in [6.07, 6.45) is 2.89. The maximum Gasteiger partial charge on any atom is 0.118 e. The van der Waals surface area contributed by atoms with Crippen molar-refractivity contribution in [3.8, 4) is 0 Å². The Kier molecular flexibility index (Phi) is 5.65. The van der Waals surface area contributed by atoms with E-state index in [4.69, 9.17) is 8.83 Å². The molecule has 0 fully saturated rings. The normalized spacial score (nSPS) is 11.5. The summed E-state index contributed by atoms with van der Waals surface area (Å²) in [6, 6.07) is 4.20. The van der Waals surface area contributed by atoms with Crippen LogP contribution in [0.4, 0.5) is 0 Å². The van der Waals surface area contributed by atoms with Crippen LogP contribution in [0.3, 0.4) is 0 Å². The van der Waals surface area contributed by atoms with E-state index in [1.54, 1.807) is 6.26 Å². The molecule has 0 aliphatic carbocycles. The molecule has 0 spiro atoms. The maximum absolute atomic E-state index is 5.81. The smallest absolute Gasteiger partial charge is 0.118 e. The van der Waals surface area contributed by atoms with Gasteiger partial charge in [-0.3, -0.25) is 4.90 Å². The predicted molar refractivity (Wildman–Crippen MR) is 84.1 cm³/mol. The molecule has 21 heavy (non-hydrogen) atoms. The van der Waals surface area contributed by atoms with Gasteiger partial charge < -0.3 is 14.2 Å². The predicted octanol–water partition coefficient (Wildman–Crippen LogP) is 3.62. The Morgan fingerprint density at radius 3 is 2.57 bits per heavy atom. The van der Waals surface area contributed by atoms with Gasteiger partial charge in [0.1, 0.15) is 17.3 Å². The van der Waals surface area contributed by atoms with Crippen LogP contribution in [-0.4, -0.2) is 18.5 Å². The molecule has 4 heteroatoms. The minimum absolute atomic E-state index is 0.805. The Balaban J connectivity index is 1.91. The lowest BCUT2D eigenvalue weighted by atomic mass is 10.2. The maximum atomic E-state index is 5.81. The van der Waals surface area contributed by atoms with Crippen LogP contribution in [-0.2, 0) is 19.6 Å². The number of aryl methyl sites for hydroxylation is 2. The third kappa shape index (κ3) is 4.48. The molecular weight excluding hydrogens is 264 g/mol. The summed E-state index contributed by atoms with van der Waals surface area (Å²) in [4.78, 5) is 2.28. The molecule has 1 N–H and O–H groups in total. The van der Waals surface area contributed by atoms with Gasteiger partial charge in [-0.05, 0) is 46.0 Å². The van der Waals surface area contributed by atoms with E-state index >= 15 is 0 Å². The second-order valence-corrected chi connectivity index (χ2v) is 5.65. The zero-order valence-electron chi connectivity index (χ0n) is 13.5. The standard InChI is InChI=1S/C17H26N2O2/c1-5-7-18-10-17-9-16(14(3)21-17)12-19(4)11-15-6-8-20-13(15)2/h6,8-9,18H,5,7,10-12H2,1-4H3. The first-order valence-electron chi connectivity index (χ1n) is 7.60. The monoisotopic (exact) mass is 290 g/mol. The Bertz CT molecular complexity index is 557. The minimum atomic E-state index is 0.805. The first kappa shape index (κ1) is 15.9. The molecule has 0 bridgehead atoms. The van der Waals surface area contributed by atoms with Gasteiger partial charge >= 0.3 is 0 Å². The molecule has 0 unspecified atom stereocenters. The van der Waals surface area contributed by atoms with Crippen molar-refractivity contribution in [1.82, 2.24) is 10.2 Å². The molecule has 0 atom stereocenters. The summed E-state index contributed by atoms with van der Waals surface area (Å²) in [5, 5.41) is 3.37. The van der Waals surface area contributed by atoms with Crippen LogP contribution in [0.15, 0.2) is 27.2 Å². The Hall–Kier alpha value is -1.52. The first-order chi connectivity index (χ1) is 10.1. The van der Waals surface area contributed by atoms with Gasteiger partial charge in [0.2, 0.25) is 0 Å². The highest BCUT2D eigenvalue weighted by atomic mass is 16.3. The van der Waals surface area contributed by atoms with Crippen LogP contribution in [0.5, 0.6) is 0 Å². The van der Waals surface area contributed by atoms with Crippen LogP contribution in [0.2, 0.25) is 0 Å². The Morgan fingerprint density at radius 1 is 1.14 bits per heavy atom. The molecule has 0 aromatic carbocycles. The van der Waals surface area contributed by atoms with Gasteiger partial charge in [-0.1, -0.05) is 6.92 Å². The fraction of sp³-hybridized carbons (Fsp3) is 0.529. The highest BCUT2D eigenvalue weighted by Gasteiger charge is 2.11. The fourth-order valence-corrected chi connectivity index (χ4v) is 2.43. The molecule has 4 nitrogen and oxygen atoms in total. The van der Waals surface area contributed by atoms with Crippen LogP contribution < -0.4 is 5.32 Å². The third-order valence-electron chi connectivity index (χ3n) is 3.64. The van der Waals surface area contributed by atoms with E-state index in [-0.39, 0.29) is 0 Å². The quantitative estimate of drug-likeness (QED) is 0.754. The molecule has 2 aromatic rings. The fourth-order valence-electron chi connectivity index (χ4n) is 2.43. The molecule has 0 saturated heterocycles. The zero-order chi connectivity index (χ0) is 15.2. The molecule has 0 aliphatic heterocycles. The van der Waals surface area contributed by atoms with Crippen LogP contribution in [0, 0.1) is 13.8 Å². The van der Waals surface area contributed by atoms with E-state index in [9.17, 15) is 0 Å². The van der Waals surface area contributed by atoms with Crippen LogP contribution >= 0.6 is 0 Å². The van der Waals surface area contributed by atoms with E-state index in [0.29, 0.717) is 0 Å². The number of nitrogens with zero attached hydrogens (tertiary/aromatic N) is 1. The van der Waals surface area contributed by atoms with Crippen molar-refractivity contribution < 1.29 is 8.83 Å². The van der Waals surface area contributed by atoms with E-state index in [0.717, 1.165) is 49.9 Å². The molecule has 2 heterocycles. The average Bonchev–Trinajstić information content (AvgIpc) is 2.98. The largest absolute Gasteiger partial charge is 0.469 e. The van der Waals surface area contributed by atoms with E-state index in [1.165, 1.54) is 11.1 Å². The van der Waals surface area contributed by atoms with Gasteiger partial charge in [0, 0.05) is 24.2 Å². The average molecular weight is 290 g/mol. The molecule has 2 aromatic heterocycles. The summed E-state index contributed by atoms with van der Waals surface area (Å²) < 4.78 is 11.2. The molecule has 0 radical (unpaired) electrons. The van der Waals surface area contributed by atoms with Crippen molar-refractivity contribution in [2.45, 2.75) is 46.8 Å². The number of hydrogen-bond donors (Lipinski definition) is 1. The zero-order valence-corrected chi connectivity index (χ0v) is 13.5. The summed E-state index contributed by atoms with van der Waals surface area (Å²) >= 11 is 0. The summed E-state index contributed by atoms with van der Waals surface area (Å²) in [7, 11) is 2.12. The van der Waals surface area contributed by atoms with Gasteiger partial charge in [-0.2, -0.15) is 0 Å². The third-order valence-corrected chi connectivity index (χ3v) is 3.64. The molecular formula is C17H26N2O2. The number of furan rings is 2. The lowest BCUT2D eigenvalue weighted by Gasteiger charge is -2.15. The Morgan fingerprint density at radius 2 is 1.90 bits per heavy atom. The van der Waals surface area contributed by atoms with Gasteiger partial charge in [-0.15, -0.1) is 0 Å². The van der Waals surface area contributed by atoms with Crippen molar-refractivity contribution in [1.29, 1.82) is 0 Å². The lowest BCUT2D eigenvalue weighted by Crippen LogP contribution is -2.17. The molecule has 116 valence electrons. The van der Waals surface area contributed by atoms with Crippen molar-refractivity contribution in [3.05, 3.63) is 46.8 Å². The van der Waals surface area contributed by atoms with Crippen molar-refractivity contribution >= 4 is 0 Å². The van der Waals surface area contributed by atoms with Crippen molar-refractivity contribution in [2.75, 3.05) is 13.6 Å². The van der Waals surface area contributed by atoms with Crippen LogP contribution in [0.25, 0.3) is 0 Å². The van der Waals surface area contributed by atoms with Gasteiger partial charge in [0.05, 0.1) is 12.8 Å². The second-order valence-electron chi connectivity index (χ2n) is 5.65. The van der Waals surface area contributed by atoms with E-state index in [2.05, 4.69) is 30.3 Å². The van der Waals surface area contributed by atoms with Crippen molar-refractivity contribution in [3.63, 3.8) is 0 Å². The number of rotatable bonds is 8. The Labute approximate surface area is 127 Å². The molecule has 0 aliphatic rings. The molecule has 2 rings (SSSR count). The topological polar surface area (TPSA) is 41.5 Å². The highest BCUT2D eigenvalue weighted by Crippen LogP contribution is 2.18. The first-order valence-corrected chi connectivity index (χ1v) is 7.60. The SMILES string of the molecule is CCCNCc1cc(CN(C)Cc2ccoc2C)c(C)o1. The van der Waals surface area contributed by atoms with Crippen LogP contribution in [0.1, 0.15) is 41.8 Å². The highest BCUT2D eigenvalue weighted by molar-refractivity contribution is 5.21. The van der Waals surface area contributed by atoms with Gasteiger partial charge in [0.25, 0.3) is 0 Å². The lowest BCUT2D eigenvalue weighted by molar-refractivity contribution is 0.313. The van der Waals surface area contributed by atoms with E-state index in [1.807, 2.05) is 19.9 Å². The van der Waals surface area contributed by atoms with Crippen molar-refractivity contribution in [2.24, 2.45) is 0 Å². The molecule has 0 saturated carbocycles. The summed E-state index contributed by atoms with van der Waals surface area (Å²) in [5.74, 6) is 3.03. The summed E-state index contributed by atoms with van der Waals surface area (Å²) in [5.41, 5.74) is 2.50. The van der Waals surface area contributed by atoms with Gasteiger partial charge in [-0.25, -0.2) is 0 Å². The second kappa shape index (κ2) is 7.48. The molecule has 0 amide bonds. The minimum Gasteiger partial charge on any atom is -0.469 e. The summed E-state index contributed by atoms with van der Waals surface area (Å²) in [6.45, 7) is 9.80. The van der Waals surface area contributed by atoms with E-state index < -0.39 is 0 Å². The number of hydrogen-bond acceptors (Lipinski definition) is 4. The van der Waals surface area contributed by atoms with Gasteiger partial charge in [0.15, 0.2) is 0 Å².